The van der Waals surface area contributed by atoms with Crippen LogP contribution in [0.3, 0.4) is 0 Å². The minimum absolute atomic E-state index is 0.187. The topological polar surface area (TPSA) is 51.0 Å². The molecule has 0 fully saturated rings. The molecule has 4 nitrogen and oxygen atoms in total. The van der Waals surface area contributed by atoms with E-state index in [1.54, 1.807) is 42.5 Å². The van der Waals surface area contributed by atoms with Crippen molar-refractivity contribution in [3.8, 4) is 5.75 Å². The van der Waals surface area contributed by atoms with Gasteiger partial charge in [0.25, 0.3) is 0 Å². The summed E-state index contributed by atoms with van der Waals surface area (Å²) in [7, 11) is 0. The lowest BCUT2D eigenvalue weighted by molar-refractivity contribution is -0.134. The maximum Gasteiger partial charge on any atom is 0.311 e. The van der Waals surface area contributed by atoms with Gasteiger partial charge in [0.05, 0.1) is 5.69 Å². The highest BCUT2D eigenvalue weighted by molar-refractivity contribution is 5.72. The lowest BCUT2D eigenvalue weighted by Gasteiger charge is -2.05. The zero-order valence-corrected chi connectivity index (χ0v) is 21.5. The lowest BCUT2D eigenvalue weighted by Crippen LogP contribution is -2.07. The molecular weight excluding hydrogens is 439 g/mol. The van der Waals surface area contributed by atoms with E-state index in [9.17, 15) is 9.18 Å². The molecule has 0 heterocycles. The number of unbranched alkanes of at least 4 members (excludes halogenated alkanes) is 14. The molecule has 0 atom stereocenters. The van der Waals surface area contributed by atoms with Crippen molar-refractivity contribution in [1.82, 2.24) is 0 Å². The summed E-state index contributed by atoms with van der Waals surface area (Å²) in [5.41, 5.74) is 0.752. The SMILES string of the molecule is CCCCCCCCCCCCCCCCCC(=O)Oc1ccc(N=Nc2ccccc2F)cc1. The first kappa shape index (κ1) is 28.7. The van der Waals surface area contributed by atoms with Crippen LogP contribution in [0, 0.1) is 5.82 Å². The van der Waals surface area contributed by atoms with Crippen molar-refractivity contribution < 1.29 is 13.9 Å². The molecule has 0 saturated carbocycles. The van der Waals surface area contributed by atoms with Crippen LogP contribution in [0.1, 0.15) is 110 Å². The van der Waals surface area contributed by atoms with Gasteiger partial charge >= 0.3 is 5.97 Å². The molecule has 5 heteroatoms. The number of esters is 1. The summed E-state index contributed by atoms with van der Waals surface area (Å²) in [6.07, 6.45) is 20.0. The van der Waals surface area contributed by atoms with Crippen LogP contribution < -0.4 is 4.74 Å². The Bertz CT molecular complexity index is 852. The standard InChI is InChI=1S/C30H43FN2O2/c1-2-3-4-5-6-7-8-9-10-11-12-13-14-15-16-21-30(34)35-27-24-22-26(23-25-27)32-33-29-20-18-17-19-28(29)31/h17-20,22-25H,2-16,21H2,1H3. The lowest BCUT2D eigenvalue weighted by atomic mass is 10.0. The second-order valence-electron chi connectivity index (χ2n) is 9.32. The minimum Gasteiger partial charge on any atom is -0.427 e. The fourth-order valence-corrected chi connectivity index (χ4v) is 4.05. The molecule has 2 aromatic rings. The smallest absolute Gasteiger partial charge is 0.311 e. The first-order valence-electron chi connectivity index (χ1n) is 13.7. The van der Waals surface area contributed by atoms with Crippen LogP contribution in [0.25, 0.3) is 0 Å². The average molecular weight is 483 g/mol. The van der Waals surface area contributed by atoms with E-state index in [4.69, 9.17) is 4.74 Å². The van der Waals surface area contributed by atoms with E-state index in [1.807, 2.05) is 0 Å². The van der Waals surface area contributed by atoms with Crippen LogP contribution in [-0.2, 0) is 4.79 Å². The third-order valence-corrected chi connectivity index (χ3v) is 6.18. The van der Waals surface area contributed by atoms with Gasteiger partial charge in [-0.25, -0.2) is 4.39 Å². The van der Waals surface area contributed by atoms with Crippen molar-refractivity contribution in [2.45, 2.75) is 110 Å². The highest BCUT2D eigenvalue weighted by atomic mass is 19.1. The summed E-state index contributed by atoms with van der Waals surface area (Å²) < 4.78 is 19.0. The Morgan fingerprint density at radius 1 is 0.686 bits per heavy atom. The number of ether oxygens (including phenoxy) is 1. The summed E-state index contributed by atoms with van der Waals surface area (Å²) >= 11 is 0. The van der Waals surface area contributed by atoms with Crippen molar-refractivity contribution >= 4 is 17.3 Å². The summed E-state index contributed by atoms with van der Waals surface area (Å²) in [5, 5.41) is 7.94. The number of hydrogen-bond acceptors (Lipinski definition) is 4. The van der Waals surface area contributed by atoms with Gasteiger partial charge in [-0.3, -0.25) is 4.79 Å². The van der Waals surface area contributed by atoms with Crippen LogP contribution in [0.15, 0.2) is 58.8 Å². The first-order chi connectivity index (χ1) is 17.2. The molecule has 0 unspecified atom stereocenters. The third kappa shape index (κ3) is 13.8. The monoisotopic (exact) mass is 482 g/mol. The highest BCUT2D eigenvalue weighted by Gasteiger charge is 2.05. The normalized spacial score (nSPS) is 11.3. The zero-order valence-electron chi connectivity index (χ0n) is 21.5. The Morgan fingerprint density at radius 2 is 1.20 bits per heavy atom. The van der Waals surface area contributed by atoms with Crippen molar-refractivity contribution in [1.29, 1.82) is 0 Å². The average Bonchev–Trinajstić information content (AvgIpc) is 2.87. The maximum absolute atomic E-state index is 13.6. The summed E-state index contributed by atoms with van der Waals surface area (Å²) in [6.45, 7) is 2.27. The second kappa shape index (κ2) is 18.7. The van der Waals surface area contributed by atoms with Crippen molar-refractivity contribution in [2.24, 2.45) is 10.2 Å². The molecule has 35 heavy (non-hydrogen) atoms. The molecule has 0 bridgehead atoms. The molecule has 0 saturated heterocycles. The van der Waals surface area contributed by atoms with E-state index >= 15 is 0 Å². The highest BCUT2D eigenvalue weighted by Crippen LogP contribution is 2.23. The predicted molar refractivity (Wildman–Crippen MR) is 142 cm³/mol. The van der Waals surface area contributed by atoms with Crippen LogP contribution in [-0.4, -0.2) is 5.97 Å². The van der Waals surface area contributed by atoms with Crippen molar-refractivity contribution in [2.75, 3.05) is 0 Å². The quantitative estimate of drug-likeness (QED) is 0.0865. The van der Waals surface area contributed by atoms with E-state index in [1.165, 1.54) is 89.5 Å². The number of rotatable bonds is 19. The molecule has 0 aliphatic heterocycles. The molecule has 0 N–H and O–H groups in total. The fraction of sp³-hybridized carbons (Fsp3) is 0.567. The van der Waals surface area contributed by atoms with Crippen LogP contribution in [0.5, 0.6) is 5.75 Å². The van der Waals surface area contributed by atoms with E-state index in [2.05, 4.69) is 17.2 Å². The van der Waals surface area contributed by atoms with Gasteiger partial charge in [-0.1, -0.05) is 109 Å². The summed E-state index contributed by atoms with van der Waals surface area (Å²) in [6, 6.07) is 13.0. The van der Waals surface area contributed by atoms with Gasteiger partial charge in [-0.15, -0.1) is 5.11 Å². The molecule has 2 rings (SSSR count). The molecule has 0 radical (unpaired) electrons. The number of hydrogen-bond donors (Lipinski definition) is 0. The molecule has 192 valence electrons. The summed E-state index contributed by atoms with van der Waals surface area (Å²) in [4.78, 5) is 12.1. The Kier molecular flexibility index (Phi) is 15.3. The largest absolute Gasteiger partial charge is 0.427 e. The molecule has 2 aromatic carbocycles. The molecule has 0 aromatic heterocycles. The van der Waals surface area contributed by atoms with Gasteiger partial charge in [0, 0.05) is 6.42 Å². The zero-order chi connectivity index (χ0) is 25.0. The van der Waals surface area contributed by atoms with Gasteiger partial charge in [-0.05, 0) is 42.8 Å². The van der Waals surface area contributed by atoms with Crippen LogP contribution in [0.4, 0.5) is 15.8 Å². The minimum atomic E-state index is -0.416. The van der Waals surface area contributed by atoms with E-state index < -0.39 is 5.82 Å². The summed E-state index contributed by atoms with van der Waals surface area (Å²) in [5.74, 6) is -0.137. The van der Waals surface area contributed by atoms with Gasteiger partial charge in [0.1, 0.15) is 11.4 Å². The maximum atomic E-state index is 13.6. The Hall–Kier alpha value is -2.56. The third-order valence-electron chi connectivity index (χ3n) is 6.18. The van der Waals surface area contributed by atoms with Gasteiger partial charge in [0.15, 0.2) is 5.82 Å². The van der Waals surface area contributed by atoms with Crippen molar-refractivity contribution in [3.05, 3.63) is 54.3 Å². The number of halogens is 1. The Labute approximate surface area is 211 Å². The predicted octanol–water partition coefficient (Wildman–Crippen LogP) is 10.4. The fourth-order valence-electron chi connectivity index (χ4n) is 4.05. The van der Waals surface area contributed by atoms with Crippen molar-refractivity contribution in [3.63, 3.8) is 0 Å². The second-order valence-corrected chi connectivity index (χ2v) is 9.32. The van der Waals surface area contributed by atoms with Gasteiger partial charge in [0.2, 0.25) is 0 Å². The number of azo groups is 1. The van der Waals surface area contributed by atoms with E-state index in [0.29, 0.717) is 17.9 Å². The van der Waals surface area contributed by atoms with Gasteiger partial charge in [-0.2, -0.15) is 5.11 Å². The van der Waals surface area contributed by atoms with E-state index in [0.717, 1.165) is 12.8 Å². The number of nitrogens with zero attached hydrogens (tertiary/aromatic N) is 2. The number of carbonyl (C=O) groups excluding carboxylic acids is 1. The number of carbonyl (C=O) groups is 1. The molecule has 0 aliphatic rings. The Morgan fingerprint density at radius 3 is 1.74 bits per heavy atom. The first-order valence-corrected chi connectivity index (χ1v) is 13.7. The van der Waals surface area contributed by atoms with E-state index in [-0.39, 0.29) is 11.7 Å². The molecule has 0 aliphatic carbocycles. The molecule has 0 amide bonds. The molecular formula is C30H43FN2O2. The Balaban J connectivity index is 1.45. The molecule has 0 spiro atoms. The van der Waals surface area contributed by atoms with Crippen LogP contribution in [0.2, 0.25) is 0 Å². The number of benzene rings is 2. The van der Waals surface area contributed by atoms with Gasteiger partial charge < -0.3 is 4.74 Å². The van der Waals surface area contributed by atoms with Crippen LogP contribution >= 0.6 is 0 Å².